The maximum atomic E-state index is 11.6. The number of nitrogens with one attached hydrogen (secondary N) is 1. The van der Waals surface area contributed by atoms with Gasteiger partial charge in [-0.2, -0.15) is 0 Å². The van der Waals surface area contributed by atoms with Crippen LogP contribution in [0.2, 0.25) is 0 Å². The van der Waals surface area contributed by atoms with Crippen molar-refractivity contribution in [3.8, 4) is 0 Å². The van der Waals surface area contributed by atoms with Crippen LogP contribution in [0.1, 0.15) is 20.3 Å². The number of hydrogen-bond acceptors (Lipinski definition) is 8. The Bertz CT molecular complexity index is 348. The number of rotatable bonds is 9. The Hall–Kier alpha value is -1.26. The summed E-state index contributed by atoms with van der Waals surface area (Å²) in [6, 6.07) is -1.36. The first kappa shape index (κ1) is 19.7. The molecular formula is C12H22NO8-. The Balaban J connectivity index is 4.71. The lowest BCUT2D eigenvalue weighted by atomic mass is 10.0. The second kappa shape index (κ2) is 8.90. The van der Waals surface area contributed by atoms with Crippen molar-refractivity contribution in [2.24, 2.45) is 5.92 Å². The third-order valence-electron chi connectivity index (χ3n) is 2.83. The molecule has 0 saturated carbocycles. The molecule has 0 aliphatic rings. The van der Waals surface area contributed by atoms with Crippen LogP contribution in [0.25, 0.3) is 0 Å². The number of hydrogen-bond donors (Lipinski definition) is 6. The Labute approximate surface area is 121 Å². The van der Waals surface area contributed by atoms with Gasteiger partial charge in [-0.05, 0) is 12.3 Å². The summed E-state index contributed by atoms with van der Waals surface area (Å²) in [7, 11) is 0. The number of carbonyl (C=O) groups is 2. The van der Waals surface area contributed by atoms with Crippen molar-refractivity contribution in [1.82, 2.24) is 5.32 Å². The molecule has 0 heterocycles. The summed E-state index contributed by atoms with van der Waals surface area (Å²) in [4.78, 5) is 22.5. The second-order valence-electron chi connectivity index (χ2n) is 5.19. The number of carboxylic acids is 1. The Morgan fingerprint density at radius 1 is 1.10 bits per heavy atom. The molecular weight excluding hydrogens is 286 g/mol. The van der Waals surface area contributed by atoms with Gasteiger partial charge < -0.3 is 40.8 Å². The van der Waals surface area contributed by atoms with E-state index in [0.29, 0.717) is 0 Å². The fourth-order valence-electron chi connectivity index (χ4n) is 1.62. The van der Waals surface area contributed by atoms with Gasteiger partial charge in [0.05, 0.1) is 18.6 Å². The minimum Gasteiger partial charge on any atom is -0.548 e. The fraction of sp³-hybridized carbons (Fsp3) is 0.833. The molecule has 0 saturated heterocycles. The van der Waals surface area contributed by atoms with Crippen LogP contribution in [0.3, 0.4) is 0 Å². The van der Waals surface area contributed by atoms with E-state index in [0.717, 1.165) is 0 Å². The molecule has 124 valence electrons. The highest BCUT2D eigenvalue weighted by Gasteiger charge is 2.34. The summed E-state index contributed by atoms with van der Waals surface area (Å²) in [5.41, 5.74) is 0. The molecule has 1 amide bonds. The van der Waals surface area contributed by atoms with Crippen LogP contribution in [0.15, 0.2) is 0 Å². The van der Waals surface area contributed by atoms with E-state index >= 15 is 0 Å². The van der Waals surface area contributed by atoms with Crippen molar-refractivity contribution in [2.45, 2.75) is 50.7 Å². The van der Waals surface area contributed by atoms with Crippen LogP contribution in [-0.2, 0) is 9.59 Å². The van der Waals surface area contributed by atoms with Gasteiger partial charge in [-0.15, -0.1) is 0 Å². The van der Waals surface area contributed by atoms with Gasteiger partial charge in [-0.3, -0.25) is 4.79 Å². The molecule has 0 aliphatic heterocycles. The van der Waals surface area contributed by atoms with Crippen LogP contribution in [-0.4, -0.2) is 74.5 Å². The lowest BCUT2D eigenvalue weighted by Crippen LogP contribution is -2.56. The molecule has 0 rings (SSSR count). The minimum absolute atomic E-state index is 0.0543. The molecule has 0 bridgehead atoms. The maximum absolute atomic E-state index is 11.6. The smallest absolute Gasteiger partial charge is 0.252 e. The molecule has 21 heavy (non-hydrogen) atoms. The van der Waals surface area contributed by atoms with Gasteiger partial charge >= 0.3 is 0 Å². The van der Waals surface area contributed by atoms with Crippen LogP contribution in [0.4, 0.5) is 0 Å². The topological polar surface area (TPSA) is 170 Å². The number of aliphatic carboxylic acids is 1. The van der Waals surface area contributed by atoms with Crippen molar-refractivity contribution in [3.05, 3.63) is 0 Å². The number of aliphatic hydroxyl groups excluding tert-OH is 5. The van der Waals surface area contributed by atoms with Gasteiger partial charge in [-0.1, -0.05) is 13.8 Å². The summed E-state index contributed by atoms with van der Waals surface area (Å²) in [5.74, 6) is -2.85. The zero-order valence-electron chi connectivity index (χ0n) is 11.8. The van der Waals surface area contributed by atoms with Gasteiger partial charge in [0.1, 0.15) is 18.3 Å². The number of carboxylic acid groups (broad SMARTS) is 1. The molecule has 0 aliphatic carbocycles. The Morgan fingerprint density at radius 3 is 2.00 bits per heavy atom. The molecule has 0 aromatic heterocycles. The predicted octanol–water partition coefficient (Wildman–Crippen LogP) is -4.30. The minimum atomic E-state index is -2.17. The quantitative estimate of drug-likeness (QED) is 0.248. The lowest BCUT2D eigenvalue weighted by Gasteiger charge is -2.27. The van der Waals surface area contributed by atoms with Crippen molar-refractivity contribution < 1.29 is 40.2 Å². The second-order valence-corrected chi connectivity index (χ2v) is 5.19. The Kier molecular flexibility index (Phi) is 8.37. The fourth-order valence-corrected chi connectivity index (χ4v) is 1.62. The van der Waals surface area contributed by atoms with E-state index in [9.17, 15) is 30.0 Å². The molecule has 0 unspecified atom stereocenters. The lowest BCUT2D eigenvalue weighted by molar-refractivity contribution is -0.308. The van der Waals surface area contributed by atoms with Crippen molar-refractivity contribution in [2.75, 3.05) is 6.61 Å². The van der Waals surface area contributed by atoms with Gasteiger partial charge in [-0.25, -0.2) is 0 Å². The highest BCUT2D eigenvalue weighted by atomic mass is 16.4. The molecule has 6 N–H and O–H groups in total. The molecule has 0 aromatic carbocycles. The predicted molar refractivity (Wildman–Crippen MR) is 67.5 cm³/mol. The van der Waals surface area contributed by atoms with Crippen LogP contribution >= 0.6 is 0 Å². The largest absolute Gasteiger partial charge is 0.548 e. The number of carbonyl (C=O) groups excluding carboxylic acids is 2. The normalized spacial score (nSPS) is 18.7. The Morgan fingerprint density at radius 2 is 1.62 bits per heavy atom. The first-order valence-electron chi connectivity index (χ1n) is 6.46. The zero-order valence-corrected chi connectivity index (χ0v) is 11.8. The molecule has 0 fully saturated rings. The first-order chi connectivity index (χ1) is 9.61. The molecule has 9 heteroatoms. The zero-order chi connectivity index (χ0) is 16.7. The molecule has 0 aromatic rings. The highest BCUT2D eigenvalue weighted by molar-refractivity contribution is 5.86. The van der Waals surface area contributed by atoms with E-state index < -0.39 is 48.9 Å². The van der Waals surface area contributed by atoms with Crippen LogP contribution < -0.4 is 10.4 Å². The molecule has 0 radical (unpaired) electrons. The SMILES string of the molecule is CC(C)C[C@@H](NC(=O)[C@@H](O)[C@H](O)[C@H](O)[C@H](O)CO)C(=O)[O-]. The third kappa shape index (κ3) is 6.36. The van der Waals surface area contributed by atoms with Crippen molar-refractivity contribution >= 4 is 11.9 Å². The molecule has 5 atom stereocenters. The van der Waals surface area contributed by atoms with Gasteiger partial charge in [0.15, 0.2) is 6.10 Å². The number of amides is 1. The monoisotopic (exact) mass is 308 g/mol. The van der Waals surface area contributed by atoms with Gasteiger partial charge in [0.2, 0.25) is 0 Å². The summed E-state index contributed by atoms with van der Waals surface area (Å²) in [5, 5.41) is 58.9. The van der Waals surface area contributed by atoms with Gasteiger partial charge in [0.25, 0.3) is 5.91 Å². The van der Waals surface area contributed by atoms with E-state index in [1.807, 2.05) is 5.32 Å². The average Bonchev–Trinajstić information content (AvgIpc) is 2.42. The van der Waals surface area contributed by atoms with E-state index in [1.54, 1.807) is 13.8 Å². The van der Waals surface area contributed by atoms with Crippen molar-refractivity contribution in [3.63, 3.8) is 0 Å². The summed E-state index contributed by atoms with van der Waals surface area (Å²) >= 11 is 0. The van der Waals surface area contributed by atoms with Crippen LogP contribution in [0.5, 0.6) is 0 Å². The average molecular weight is 308 g/mol. The first-order valence-corrected chi connectivity index (χ1v) is 6.46. The van der Waals surface area contributed by atoms with E-state index in [1.165, 1.54) is 0 Å². The molecule has 9 nitrogen and oxygen atoms in total. The van der Waals surface area contributed by atoms with E-state index in [2.05, 4.69) is 0 Å². The van der Waals surface area contributed by atoms with Crippen LogP contribution in [0, 0.1) is 5.92 Å². The van der Waals surface area contributed by atoms with E-state index in [-0.39, 0.29) is 12.3 Å². The highest BCUT2D eigenvalue weighted by Crippen LogP contribution is 2.08. The van der Waals surface area contributed by atoms with E-state index in [4.69, 9.17) is 10.2 Å². The molecule has 0 spiro atoms. The van der Waals surface area contributed by atoms with Gasteiger partial charge in [0, 0.05) is 0 Å². The maximum Gasteiger partial charge on any atom is 0.252 e. The standard InChI is InChI=1S/C12H23NO8/c1-5(2)3-6(12(20)21)13-11(19)10(18)9(17)8(16)7(15)4-14/h5-10,14-18H,3-4H2,1-2H3,(H,13,19)(H,20,21)/p-1/t6-,7-,8-,9-,10+/m1/s1. The number of aliphatic hydroxyl groups is 5. The summed E-state index contributed by atoms with van der Waals surface area (Å²) < 4.78 is 0. The summed E-state index contributed by atoms with van der Waals surface area (Å²) in [6.45, 7) is 2.55. The third-order valence-corrected chi connectivity index (χ3v) is 2.83. The van der Waals surface area contributed by atoms with Crippen molar-refractivity contribution in [1.29, 1.82) is 0 Å². The summed E-state index contributed by atoms with van der Waals surface area (Å²) in [6.07, 6.45) is -7.93.